The first-order valence-corrected chi connectivity index (χ1v) is 19.9. The third-order valence-electron chi connectivity index (χ3n) is 10.1. The van der Waals surface area contributed by atoms with Crippen LogP contribution in [-0.2, 0) is 43.7 Å². The molecule has 0 saturated carbocycles. The van der Waals surface area contributed by atoms with Gasteiger partial charge in [0.25, 0.3) is 0 Å². The molecule has 0 aliphatic rings. The number of aromatic nitrogens is 3. The van der Waals surface area contributed by atoms with Gasteiger partial charge in [-0.05, 0) is 67.3 Å². The quantitative estimate of drug-likeness (QED) is 0.0982. The van der Waals surface area contributed by atoms with Crippen LogP contribution in [0.15, 0.2) is 170 Å². The SMILES string of the molecule is Cn1c(-c2ccc(-c3c4ccc(C(C)(C)C)cc4cc4ccc(C(C)(C)C)cc34)[n-]2)nc2ccccc21.[CH2-]c1ccccc1.[CH2-]c1ccccc1.[CH2-]c1ccccc1.[CH3+].[Hf]. The number of aryl methyl sites for hydroxylation is 1. The fraction of sp³-hybridized carbons (Fsp3) is 0.161. The molecule has 0 saturated heterocycles. The Hall–Kier alpha value is -5.84. The van der Waals surface area contributed by atoms with Gasteiger partial charge in [-0.3, -0.25) is 0 Å². The van der Waals surface area contributed by atoms with Crippen molar-refractivity contribution >= 4 is 32.6 Å². The van der Waals surface area contributed by atoms with Gasteiger partial charge in [0, 0.05) is 40.3 Å². The van der Waals surface area contributed by atoms with Crippen LogP contribution in [0.25, 0.3) is 55.4 Å². The molecule has 0 N–H and O–H groups in total. The van der Waals surface area contributed by atoms with Crippen LogP contribution in [0.4, 0.5) is 0 Å². The molecule has 0 bridgehead atoms. The number of rotatable bonds is 2. The standard InChI is InChI=1S/C34H34N3.3C7H7.CH3.Hf/c1-33(2,3)23-14-15-25-22(19-23)18-21-12-13-24(34(4,5)6)20-26(21)31(25)28-16-17-29(35-28)32-36-27-10-8-9-11-30(27)37(32)7;3*1-7-5-3-2-4-6-7;;/h8-20H,1-7H3;3*2-6H,1H2;1H3;/q4*-1;+1;. The van der Waals surface area contributed by atoms with E-state index in [0.29, 0.717) is 0 Å². The van der Waals surface area contributed by atoms with Crippen molar-refractivity contribution in [2.24, 2.45) is 7.05 Å². The Bertz CT molecular complexity index is 2620. The molecule has 0 amide bonds. The van der Waals surface area contributed by atoms with Crippen LogP contribution in [-0.4, -0.2) is 9.55 Å². The fourth-order valence-corrected chi connectivity index (χ4v) is 6.76. The Morgan fingerprint density at radius 3 is 1.43 bits per heavy atom. The Kier molecular flexibility index (Phi) is 15.9. The summed E-state index contributed by atoms with van der Waals surface area (Å²) in [7, 11) is 2.07. The van der Waals surface area contributed by atoms with Crippen LogP contribution >= 0.6 is 0 Å². The van der Waals surface area contributed by atoms with Crippen molar-refractivity contribution in [2.45, 2.75) is 52.4 Å². The maximum atomic E-state index is 5.19. The van der Waals surface area contributed by atoms with E-state index in [2.05, 4.69) is 147 Å². The topological polar surface area (TPSA) is 31.9 Å². The molecule has 0 spiro atoms. The molecule has 0 fully saturated rings. The minimum atomic E-state index is 0. The van der Waals surface area contributed by atoms with Crippen molar-refractivity contribution < 1.29 is 25.8 Å². The van der Waals surface area contributed by atoms with E-state index in [9.17, 15) is 0 Å². The van der Waals surface area contributed by atoms with Crippen LogP contribution in [0.1, 0.15) is 69.4 Å². The maximum Gasteiger partial charge on any atom is 0.118 e. The molecule has 0 atom stereocenters. The fourth-order valence-electron chi connectivity index (χ4n) is 6.76. The molecule has 7 aromatic carbocycles. The Morgan fingerprint density at radius 2 is 0.950 bits per heavy atom. The van der Waals surface area contributed by atoms with Gasteiger partial charge in [-0.25, -0.2) is 4.98 Å². The third kappa shape index (κ3) is 11.7. The van der Waals surface area contributed by atoms with Crippen molar-refractivity contribution in [1.29, 1.82) is 0 Å². The van der Waals surface area contributed by atoms with Gasteiger partial charge in [0.15, 0.2) is 0 Å². The Morgan fingerprint density at radius 1 is 0.483 bits per heavy atom. The smallest absolute Gasteiger partial charge is 0.118 e. The summed E-state index contributed by atoms with van der Waals surface area (Å²) in [6.45, 7) is 24.8. The molecular weight excluding hydrogens is 893 g/mol. The van der Waals surface area contributed by atoms with E-state index in [1.165, 1.54) is 38.2 Å². The van der Waals surface area contributed by atoms with Gasteiger partial charge in [0.05, 0.1) is 11.0 Å². The van der Waals surface area contributed by atoms with Crippen molar-refractivity contribution in [1.82, 2.24) is 14.5 Å². The van der Waals surface area contributed by atoms with E-state index < -0.39 is 0 Å². The summed E-state index contributed by atoms with van der Waals surface area (Å²) < 4.78 is 2.13. The van der Waals surface area contributed by atoms with Crippen LogP contribution in [0.3, 0.4) is 0 Å². The van der Waals surface area contributed by atoms with Crippen molar-refractivity contribution in [3.8, 4) is 22.8 Å². The normalized spacial score (nSPS) is 10.8. The van der Waals surface area contributed by atoms with E-state index in [1.54, 1.807) is 0 Å². The average molecular weight is 952 g/mol. The second-order valence-corrected chi connectivity index (χ2v) is 16.8. The molecule has 0 unspecified atom stereocenters. The number of hydrogen-bond donors (Lipinski definition) is 0. The third-order valence-corrected chi connectivity index (χ3v) is 10.1. The first kappa shape index (κ1) is 46.8. The van der Waals surface area contributed by atoms with Gasteiger partial charge < -0.3 is 9.55 Å². The second kappa shape index (κ2) is 20.4. The van der Waals surface area contributed by atoms with Gasteiger partial charge in [-0.1, -0.05) is 126 Å². The average Bonchev–Trinajstić information content (AvgIpc) is 3.82. The number of benzene rings is 7. The summed E-state index contributed by atoms with van der Waals surface area (Å²) in [6, 6.07) is 58.3. The minimum absolute atomic E-state index is 0. The van der Waals surface area contributed by atoms with Gasteiger partial charge in [0.2, 0.25) is 0 Å². The van der Waals surface area contributed by atoms with E-state index in [4.69, 9.17) is 9.97 Å². The summed E-state index contributed by atoms with van der Waals surface area (Å²) in [4.78, 5) is 10.1. The Balaban J connectivity index is 0.000000280. The molecule has 2 heterocycles. The van der Waals surface area contributed by atoms with Gasteiger partial charge in [-0.2, -0.15) is 73.9 Å². The predicted octanol–water partition coefficient (Wildman–Crippen LogP) is 14.8. The summed E-state index contributed by atoms with van der Waals surface area (Å²) in [5.74, 6) is 0.891. The van der Waals surface area contributed by atoms with Gasteiger partial charge in [-0.15, -0.1) is 42.1 Å². The summed E-state index contributed by atoms with van der Waals surface area (Å²) >= 11 is 0. The van der Waals surface area contributed by atoms with E-state index in [0.717, 1.165) is 44.9 Å². The largest absolute Gasteiger partial charge is 0.654 e. The van der Waals surface area contributed by atoms with Crippen LogP contribution < -0.4 is 4.98 Å². The van der Waals surface area contributed by atoms with Gasteiger partial charge >= 0.3 is 0 Å². The molecule has 3 nitrogen and oxygen atoms in total. The van der Waals surface area contributed by atoms with Crippen molar-refractivity contribution in [2.75, 3.05) is 0 Å². The molecule has 9 aromatic rings. The maximum absolute atomic E-state index is 5.19. The summed E-state index contributed by atoms with van der Waals surface area (Å²) in [6.07, 6.45) is 0. The Labute approximate surface area is 378 Å². The predicted molar refractivity (Wildman–Crippen MR) is 256 cm³/mol. The molecular formula is C56H58HfN3-3. The molecule has 4 heteroatoms. The van der Waals surface area contributed by atoms with E-state index in [-0.39, 0.29) is 44.1 Å². The minimum Gasteiger partial charge on any atom is -0.654 e. The molecule has 2 aromatic heterocycles. The number of para-hydroxylation sites is 2. The zero-order valence-corrected chi connectivity index (χ0v) is 40.2. The van der Waals surface area contributed by atoms with Crippen LogP contribution in [0, 0.1) is 28.2 Å². The first-order chi connectivity index (χ1) is 27.7. The van der Waals surface area contributed by atoms with Crippen molar-refractivity contribution in [3.05, 3.63) is 226 Å². The van der Waals surface area contributed by atoms with Crippen LogP contribution in [0.5, 0.6) is 0 Å². The zero-order valence-electron chi connectivity index (χ0n) is 36.6. The number of hydrogen-bond acceptors (Lipinski definition) is 1. The first-order valence-electron chi connectivity index (χ1n) is 19.9. The number of nitrogens with zero attached hydrogens (tertiary/aromatic N) is 3. The zero-order chi connectivity index (χ0) is 41.5. The second-order valence-electron chi connectivity index (χ2n) is 16.8. The summed E-state index contributed by atoms with van der Waals surface area (Å²) in [5.41, 5.74) is 11.2. The molecule has 60 heavy (non-hydrogen) atoms. The number of fused-ring (bicyclic) bond motifs is 3. The van der Waals surface area contributed by atoms with Gasteiger partial charge in [0.1, 0.15) is 5.82 Å². The molecule has 0 aliphatic carbocycles. The molecule has 304 valence electrons. The monoisotopic (exact) mass is 952 g/mol. The summed E-state index contributed by atoms with van der Waals surface area (Å²) in [5, 5.41) is 4.99. The van der Waals surface area contributed by atoms with E-state index in [1.807, 2.05) is 97.1 Å². The number of imidazole rings is 1. The molecule has 0 radical (unpaired) electrons. The molecule has 9 rings (SSSR count). The van der Waals surface area contributed by atoms with E-state index >= 15 is 0 Å². The van der Waals surface area contributed by atoms with Crippen LogP contribution in [0.2, 0.25) is 0 Å². The molecule has 0 aliphatic heterocycles. The van der Waals surface area contributed by atoms with Crippen molar-refractivity contribution in [3.63, 3.8) is 0 Å².